The second-order valence-electron chi connectivity index (χ2n) is 4.08. The fraction of sp³-hybridized carbons (Fsp3) is 0.286. The topological polar surface area (TPSA) is 55.7 Å². The molecule has 0 aliphatic heterocycles. The molecular formula is C14H17N3O2S. The SMILES string of the molecule is COCCOc1cccc(C=NNc2nc(C)cs2)c1. The molecule has 106 valence electrons. The number of hydrazone groups is 1. The predicted molar refractivity (Wildman–Crippen MR) is 81.9 cm³/mol. The molecule has 0 amide bonds. The zero-order chi connectivity index (χ0) is 14.2. The van der Waals surface area contributed by atoms with E-state index in [1.807, 2.05) is 36.6 Å². The maximum atomic E-state index is 5.54. The summed E-state index contributed by atoms with van der Waals surface area (Å²) in [5.41, 5.74) is 4.85. The molecule has 0 radical (unpaired) electrons. The number of hydrogen-bond acceptors (Lipinski definition) is 6. The van der Waals surface area contributed by atoms with Crippen molar-refractivity contribution in [3.05, 3.63) is 40.9 Å². The average molecular weight is 291 g/mol. The summed E-state index contributed by atoms with van der Waals surface area (Å²) >= 11 is 1.53. The summed E-state index contributed by atoms with van der Waals surface area (Å²) in [5, 5.41) is 6.91. The van der Waals surface area contributed by atoms with Crippen molar-refractivity contribution < 1.29 is 9.47 Å². The predicted octanol–water partition coefficient (Wildman–Crippen LogP) is 2.92. The third-order valence-corrected chi connectivity index (χ3v) is 3.27. The molecule has 0 saturated heterocycles. The van der Waals surface area contributed by atoms with Crippen molar-refractivity contribution in [3.63, 3.8) is 0 Å². The van der Waals surface area contributed by atoms with Gasteiger partial charge in [-0.05, 0) is 24.6 Å². The number of aromatic nitrogens is 1. The smallest absolute Gasteiger partial charge is 0.203 e. The van der Waals surface area contributed by atoms with Gasteiger partial charge in [0.2, 0.25) is 5.13 Å². The molecule has 20 heavy (non-hydrogen) atoms. The van der Waals surface area contributed by atoms with Gasteiger partial charge in [-0.15, -0.1) is 11.3 Å². The zero-order valence-corrected chi connectivity index (χ0v) is 12.3. The molecule has 1 aromatic heterocycles. The Morgan fingerprint density at radius 3 is 3.05 bits per heavy atom. The minimum atomic E-state index is 0.535. The molecule has 0 spiro atoms. The highest BCUT2D eigenvalue weighted by Gasteiger charge is 1.96. The van der Waals surface area contributed by atoms with Crippen LogP contribution in [0.15, 0.2) is 34.7 Å². The molecule has 6 heteroatoms. The first kappa shape index (κ1) is 14.5. The van der Waals surface area contributed by atoms with Gasteiger partial charge in [0.25, 0.3) is 0 Å². The summed E-state index contributed by atoms with van der Waals surface area (Å²) in [6.45, 7) is 3.06. The van der Waals surface area contributed by atoms with Crippen LogP contribution < -0.4 is 10.2 Å². The van der Waals surface area contributed by atoms with Crippen LogP contribution in [-0.2, 0) is 4.74 Å². The maximum absolute atomic E-state index is 5.54. The Morgan fingerprint density at radius 2 is 2.30 bits per heavy atom. The van der Waals surface area contributed by atoms with E-state index in [2.05, 4.69) is 15.5 Å². The summed E-state index contributed by atoms with van der Waals surface area (Å²) in [6, 6.07) is 7.72. The minimum absolute atomic E-state index is 0.535. The molecule has 1 aromatic carbocycles. The van der Waals surface area contributed by atoms with Crippen LogP contribution in [0.3, 0.4) is 0 Å². The van der Waals surface area contributed by atoms with E-state index in [9.17, 15) is 0 Å². The van der Waals surface area contributed by atoms with E-state index in [1.54, 1.807) is 13.3 Å². The number of benzene rings is 1. The van der Waals surface area contributed by atoms with Crippen molar-refractivity contribution in [2.45, 2.75) is 6.92 Å². The van der Waals surface area contributed by atoms with Crippen LogP contribution >= 0.6 is 11.3 Å². The van der Waals surface area contributed by atoms with Crippen molar-refractivity contribution in [1.82, 2.24) is 4.98 Å². The number of thiazole rings is 1. The van der Waals surface area contributed by atoms with Crippen molar-refractivity contribution >= 4 is 22.7 Å². The molecule has 0 saturated carbocycles. The molecule has 0 bridgehead atoms. The van der Waals surface area contributed by atoms with Gasteiger partial charge in [0.05, 0.1) is 18.5 Å². The van der Waals surface area contributed by atoms with Crippen LogP contribution in [0.1, 0.15) is 11.3 Å². The molecule has 1 N–H and O–H groups in total. The van der Waals surface area contributed by atoms with E-state index in [1.165, 1.54) is 11.3 Å². The summed E-state index contributed by atoms with van der Waals surface area (Å²) in [4.78, 5) is 4.26. The van der Waals surface area contributed by atoms with Gasteiger partial charge >= 0.3 is 0 Å². The van der Waals surface area contributed by atoms with Gasteiger partial charge in [-0.25, -0.2) is 4.98 Å². The molecule has 0 atom stereocenters. The minimum Gasteiger partial charge on any atom is -0.491 e. The van der Waals surface area contributed by atoms with Gasteiger partial charge in [-0.2, -0.15) is 5.10 Å². The third kappa shape index (κ3) is 4.64. The average Bonchev–Trinajstić information content (AvgIpc) is 2.85. The number of ether oxygens (including phenoxy) is 2. The van der Waals surface area contributed by atoms with E-state index < -0.39 is 0 Å². The number of aryl methyl sites for hydroxylation is 1. The van der Waals surface area contributed by atoms with E-state index in [0.717, 1.165) is 22.1 Å². The Labute approximate surface area is 122 Å². The van der Waals surface area contributed by atoms with Crippen molar-refractivity contribution in [3.8, 4) is 5.75 Å². The normalized spacial score (nSPS) is 10.9. The van der Waals surface area contributed by atoms with Crippen LogP contribution in [0.5, 0.6) is 5.75 Å². The Kier molecular flexibility index (Phi) is 5.52. The Balaban J connectivity index is 1.90. The van der Waals surface area contributed by atoms with Crippen LogP contribution in [0.25, 0.3) is 0 Å². The first-order chi connectivity index (χ1) is 9.78. The molecule has 2 aromatic rings. The highest BCUT2D eigenvalue weighted by Crippen LogP contribution is 2.15. The number of nitrogens with zero attached hydrogens (tertiary/aromatic N) is 2. The zero-order valence-electron chi connectivity index (χ0n) is 11.5. The number of methoxy groups -OCH3 is 1. The Bertz CT molecular complexity index is 569. The first-order valence-corrected chi connectivity index (χ1v) is 7.09. The van der Waals surface area contributed by atoms with Crippen LogP contribution in [0, 0.1) is 6.92 Å². The van der Waals surface area contributed by atoms with E-state index >= 15 is 0 Å². The fourth-order valence-corrected chi connectivity index (χ4v) is 2.13. The van der Waals surface area contributed by atoms with Gasteiger partial charge in [-0.3, -0.25) is 5.43 Å². The largest absolute Gasteiger partial charge is 0.491 e. The Hall–Kier alpha value is -1.92. The number of rotatable bonds is 7. The number of nitrogens with one attached hydrogen (secondary N) is 1. The second kappa shape index (κ2) is 7.62. The van der Waals surface area contributed by atoms with Crippen molar-refractivity contribution in [2.24, 2.45) is 5.10 Å². The van der Waals surface area contributed by atoms with E-state index in [-0.39, 0.29) is 0 Å². The van der Waals surface area contributed by atoms with E-state index in [0.29, 0.717) is 13.2 Å². The molecule has 0 unspecified atom stereocenters. The lowest BCUT2D eigenvalue weighted by atomic mass is 10.2. The summed E-state index contributed by atoms with van der Waals surface area (Å²) in [7, 11) is 1.65. The number of anilines is 1. The van der Waals surface area contributed by atoms with Gasteiger partial charge in [-0.1, -0.05) is 12.1 Å². The lowest BCUT2D eigenvalue weighted by Gasteiger charge is -2.05. The second-order valence-corrected chi connectivity index (χ2v) is 4.94. The van der Waals surface area contributed by atoms with Crippen molar-refractivity contribution in [2.75, 3.05) is 25.7 Å². The highest BCUT2D eigenvalue weighted by molar-refractivity contribution is 7.13. The van der Waals surface area contributed by atoms with Gasteiger partial charge in [0.1, 0.15) is 12.4 Å². The molecule has 0 aliphatic carbocycles. The standard InChI is InChI=1S/C14H17N3O2S/c1-11-10-20-14(16-11)17-15-9-12-4-3-5-13(8-12)19-7-6-18-2/h3-5,8-10H,6-7H2,1-2H3,(H,16,17). The molecule has 0 aliphatic rings. The fourth-order valence-electron chi connectivity index (χ4n) is 1.49. The first-order valence-electron chi connectivity index (χ1n) is 6.21. The monoisotopic (exact) mass is 291 g/mol. The Morgan fingerprint density at radius 1 is 1.40 bits per heavy atom. The van der Waals surface area contributed by atoms with Gasteiger partial charge < -0.3 is 9.47 Å². The lowest BCUT2D eigenvalue weighted by molar-refractivity contribution is 0.146. The third-order valence-electron chi connectivity index (χ3n) is 2.41. The molecule has 5 nitrogen and oxygen atoms in total. The van der Waals surface area contributed by atoms with E-state index in [4.69, 9.17) is 9.47 Å². The quantitative estimate of drug-likeness (QED) is 0.484. The van der Waals surface area contributed by atoms with Crippen LogP contribution in [-0.4, -0.2) is 31.5 Å². The summed E-state index contributed by atoms with van der Waals surface area (Å²) < 4.78 is 10.5. The van der Waals surface area contributed by atoms with Gasteiger partial charge in [0, 0.05) is 12.5 Å². The molecule has 2 rings (SSSR count). The van der Waals surface area contributed by atoms with Crippen LogP contribution in [0.2, 0.25) is 0 Å². The molecule has 0 fully saturated rings. The van der Waals surface area contributed by atoms with Crippen LogP contribution in [0.4, 0.5) is 5.13 Å². The molecular weight excluding hydrogens is 274 g/mol. The summed E-state index contributed by atoms with van der Waals surface area (Å²) in [5.74, 6) is 0.802. The summed E-state index contributed by atoms with van der Waals surface area (Å²) in [6.07, 6.45) is 1.74. The maximum Gasteiger partial charge on any atom is 0.203 e. The molecule has 1 heterocycles. The highest BCUT2D eigenvalue weighted by atomic mass is 32.1. The lowest BCUT2D eigenvalue weighted by Crippen LogP contribution is -2.04. The van der Waals surface area contributed by atoms with Gasteiger partial charge in [0.15, 0.2) is 0 Å². The number of hydrogen-bond donors (Lipinski definition) is 1. The van der Waals surface area contributed by atoms with Crippen molar-refractivity contribution in [1.29, 1.82) is 0 Å².